The summed E-state index contributed by atoms with van der Waals surface area (Å²) in [5, 5.41) is 0. The third-order valence-corrected chi connectivity index (χ3v) is 6.80. The number of amidine groups is 1. The Morgan fingerprint density at radius 3 is 2.53 bits per heavy atom. The van der Waals surface area contributed by atoms with Gasteiger partial charge in [-0.2, -0.15) is 0 Å². The molecule has 0 spiro atoms. The van der Waals surface area contributed by atoms with Gasteiger partial charge in [0.25, 0.3) is 5.91 Å². The average Bonchev–Trinajstić information content (AvgIpc) is 3.35. The number of aromatic nitrogens is 2. The third-order valence-electron chi connectivity index (χ3n) is 6.52. The summed E-state index contributed by atoms with van der Waals surface area (Å²) in [6, 6.07) is 21.7. The van der Waals surface area contributed by atoms with E-state index in [0.717, 1.165) is 5.56 Å². The molecule has 0 aliphatic rings. The normalized spacial score (nSPS) is 12.7. The van der Waals surface area contributed by atoms with Gasteiger partial charge in [0.2, 0.25) is 0 Å². The molecule has 3 aromatic carbocycles. The standard InChI is InChI=1S/C30H33ClFN5O/c1-20(2)22-10-12-23(13-11-22)30(38)37(19-21-7-4-3-5-8-21)27(9-6-16-34-28(33)18-31)29-35-25-15-14-24(32)17-26(25)36-29/h3-5,7-8,10-15,17,20,27H,6,9,16,18-19H2,1-2H3,(H2,33,34)(H,35,36). The van der Waals surface area contributed by atoms with Crippen LogP contribution in [-0.4, -0.2) is 39.0 Å². The Kier molecular flexibility index (Phi) is 9.13. The molecule has 1 heterocycles. The highest BCUT2D eigenvalue weighted by atomic mass is 35.5. The number of benzene rings is 3. The van der Waals surface area contributed by atoms with Crippen LogP contribution in [0.25, 0.3) is 11.0 Å². The smallest absolute Gasteiger partial charge is 0.254 e. The van der Waals surface area contributed by atoms with Crippen LogP contribution in [0, 0.1) is 5.82 Å². The molecule has 4 aromatic rings. The third kappa shape index (κ3) is 6.78. The summed E-state index contributed by atoms with van der Waals surface area (Å²) in [4.78, 5) is 28.2. The van der Waals surface area contributed by atoms with Crippen molar-refractivity contribution in [1.29, 1.82) is 0 Å². The van der Waals surface area contributed by atoms with Crippen LogP contribution >= 0.6 is 11.6 Å². The molecule has 1 atom stereocenters. The lowest BCUT2D eigenvalue weighted by atomic mass is 10.0. The first-order valence-electron chi connectivity index (χ1n) is 12.8. The largest absolute Gasteiger partial charge is 0.386 e. The maximum Gasteiger partial charge on any atom is 0.254 e. The number of hydrogen-bond acceptors (Lipinski definition) is 3. The number of carbonyl (C=O) groups excluding carboxylic acids is 1. The minimum absolute atomic E-state index is 0.107. The minimum Gasteiger partial charge on any atom is -0.386 e. The summed E-state index contributed by atoms with van der Waals surface area (Å²) in [6.45, 7) is 5.10. The van der Waals surface area contributed by atoms with Crippen molar-refractivity contribution >= 4 is 34.4 Å². The number of nitrogens with one attached hydrogen (secondary N) is 1. The predicted octanol–water partition coefficient (Wildman–Crippen LogP) is 6.59. The highest BCUT2D eigenvalue weighted by Crippen LogP contribution is 2.30. The number of H-pyrrole nitrogens is 1. The van der Waals surface area contributed by atoms with E-state index in [1.54, 1.807) is 6.07 Å². The van der Waals surface area contributed by atoms with Gasteiger partial charge in [0.15, 0.2) is 0 Å². The fraction of sp³-hybridized carbons (Fsp3) is 0.300. The first-order chi connectivity index (χ1) is 18.4. The Morgan fingerprint density at radius 2 is 1.84 bits per heavy atom. The molecule has 0 saturated heterocycles. The van der Waals surface area contributed by atoms with Crippen molar-refractivity contribution in [2.75, 3.05) is 12.4 Å². The molecule has 198 valence electrons. The number of fused-ring (bicyclic) bond motifs is 1. The fourth-order valence-corrected chi connectivity index (χ4v) is 4.51. The number of rotatable bonds is 11. The highest BCUT2D eigenvalue weighted by molar-refractivity contribution is 6.27. The number of alkyl halides is 1. The molecule has 0 fully saturated rings. The van der Waals surface area contributed by atoms with Crippen molar-refractivity contribution in [2.24, 2.45) is 10.7 Å². The number of nitrogens with two attached hydrogens (primary N) is 1. The summed E-state index contributed by atoms with van der Waals surface area (Å²) in [5.41, 5.74) is 9.78. The molecule has 8 heteroatoms. The topological polar surface area (TPSA) is 87.4 Å². The van der Waals surface area contributed by atoms with Crippen molar-refractivity contribution in [1.82, 2.24) is 14.9 Å². The lowest BCUT2D eigenvalue weighted by Gasteiger charge is -2.31. The molecule has 1 aromatic heterocycles. The Morgan fingerprint density at radius 1 is 1.11 bits per heavy atom. The lowest BCUT2D eigenvalue weighted by molar-refractivity contribution is 0.0637. The van der Waals surface area contributed by atoms with Crippen LogP contribution in [0.3, 0.4) is 0 Å². The highest BCUT2D eigenvalue weighted by Gasteiger charge is 2.29. The number of imidazole rings is 1. The molecular weight excluding hydrogens is 501 g/mol. The zero-order valence-electron chi connectivity index (χ0n) is 21.7. The van der Waals surface area contributed by atoms with Gasteiger partial charge < -0.3 is 15.6 Å². The van der Waals surface area contributed by atoms with Crippen LogP contribution in [0.4, 0.5) is 4.39 Å². The second-order valence-electron chi connectivity index (χ2n) is 9.64. The Bertz CT molecular complexity index is 1390. The van der Waals surface area contributed by atoms with Crippen LogP contribution in [0.15, 0.2) is 77.8 Å². The molecule has 0 saturated carbocycles. The van der Waals surface area contributed by atoms with Crippen molar-refractivity contribution < 1.29 is 9.18 Å². The van der Waals surface area contributed by atoms with E-state index >= 15 is 0 Å². The van der Waals surface area contributed by atoms with E-state index in [2.05, 4.69) is 23.8 Å². The molecule has 0 radical (unpaired) electrons. The van der Waals surface area contributed by atoms with E-state index in [4.69, 9.17) is 22.3 Å². The second kappa shape index (κ2) is 12.7. The second-order valence-corrected chi connectivity index (χ2v) is 9.91. The number of hydrogen-bond donors (Lipinski definition) is 2. The summed E-state index contributed by atoms with van der Waals surface area (Å²) < 4.78 is 13.9. The van der Waals surface area contributed by atoms with Crippen molar-refractivity contribution in [3.05, 3.63) is 101 Å². The maximum absolute atomic E-state index is 14.1. The molecule has 6 nitrogen and oxygen atoms in total. The van der Waals surface area contributed by atoms with E-state index in [0.29, 0.717) is 60.1 Å². The summed E-state index contributed by atoms with van der Waals surface area (Å²) in [5.74, 6) is 1.06. The van der Waals surface area contributed by atoms with Gasteiger partial charge in [0, 0.05) is 18.7 Å². The van der Waals surface area contributed by atoms with Crippen LogP contribution in [0.5, 0.6) is 0 Å². The Hall–Kier alpha value is -3.71. The van der Waals surface area contributed by atoms with Crippen molar-refractivity contribution in [3.8, 4) is 0 Å². The van der Waals surface area contributed by atoms with Gasteiger partial charge in [-0.15, -0.1) is 11.6 Å². The molecule has 1 amide bonds. The Balaban J connectivity index is 1.74. The van der Waals surface area contributed by atoms with E-state index in [-0.39, 0.29) is 17.6 Å². The van der Waals surface area contributed by atoms with Gasteiger partial charge in [-0.05, 0) is 60.2 Å². The molecule has 1 unspecified atom stereocenters. The number of nitrogens with zero attached hydrogens (tertiary/aromatic N) is 3. The fourth-order valence-electron chi connectivity index (χ4n) is 4.43. The van der Waals surface area contributed by atoms with E-state index in [1.165, 1.54) is 17.7 Å². The van der Waals surface area contributed by atoms with Crippen LogP contribution < -0.4 is 5.73 Å². The van der Waals surface area contributed by atoms with Crippen LogP contribution in [0.1, 0.15) is 66.0 Å². The summed E-state index contributed by atoms with van der Waals surface area (Å²) in [6.07, 6.45) is 1.22. The summed E-state index contributed by atoms with van der Waals surface area (Å²) >= 11 is 5.77. The molecule has 0 aliphatic carbocycles. The van der Waals surface area contributed by atoms with Gasteiger partial charge in [-0.1, -0.05) is 56.3 Å². The van der Waals surface area contributed by atoms with Crippen LogP contribution in [-0.2, 0) is 6.54 Å². The first-order valence-corrected chi connectivity index (χ1v) is 13.3. The molecule has 3 N–H and O–H groups in total. The number of halogens is 2. The number of carbonyl (C=O) groups is 1. The van der Waals surface area contributed by atoms with Gasteiger partial charge >= 0.3 is 0 Å². The molecule has 38 heavy (non-hydrogen) atoms. The maximum atomic E-state index is 14.1. The van der Waals surface area contributed by atoms with Crippen molar-refractivity contribution in [3.63, 3.8) is 0 Å². The van der Waals surface area contributed by atoms with Gasteiger partial charge in [0.1, 0.15) is 17.5 Å². The quantitative estimate of drug-likeness (QED) is 0.0987. The zero-order chi connectivity index (χ0) is 27.1. The molecule has 0 bridgehead atoms. The monoisotopic (exact) mass is 533 g/mol. The van der Waals surface area contributed by atoms with Gasteiger partial charge in [-0.25, -0.2) is 9.37 Å². The van der Waals surface area contributed by atoms with E-state index in [9.17, 15) is 9.18 Å². The molecule has 4 rings (SSSR count). The zero-order valence-corrected chi connectivity index (χ0v) is 22.5. The SMILES string of the molecule is CC(C)c1ccc(C(=O)N(Cc2ccccc2)C(CCCN=C(N)CCl)c2nc3ccc(F)cc3[nH]2)cc1. The summed E-state index contributed by atoms with van der Waals surface area (Å²) in [7, 11) is 0. The first kappa shape index (κ1) is 27.3. The number of amides is 1. The lowest BCUT2D eigenvalue weighted by Crippen LogP contribution is -2.35. The predicted molar refractivity (Wildman–Crippen MR) is 152 cm³/mol. The van der Waals surface area contributed by atoms with E-state index < -0.39 is 6.04 Å². The van der Waals surface area contributed by atoms with Gasteiger partial charge in [-0.3, -0.25) is 9.79 Å². The minimum atomic E-state index is -0.407. The van der Waals surface area contributed by atoms with Crippen molar-refractivity contribution in [2.45, 2.75) is 45.2 Å². The van der Waals surface area contributed by atoms with E-state index in [1.807, 2.05) is 59.5 Å². The molecular formula is C30H33ClFN5O. The van der Waals surface area contributed by atoms with Gasteiger partial charge in [0.05, 0.1) is 23.0 Å². The number of aromatic amines is 1. The molecule has 0 aliphatic heterocycles. The number of aliphatic imine (C=N–C) groups is 1. The average molecular weight is 534 g/mol. The van der Waals surface area contributed by atoms with Crippen LogP contribution in [0.2, 0.25) is 0 Å². The Labute approximate surface area is 227 Å².